The predicted molar refractivity (Wildman–Crippen MR) is 73.1 cm³/mol. The van der Waals surface area contributed by atoms with Crippen molar-refractivity contribution < 1.29 is 28.8 Å². The molecule has 0 aliphatic rings. The lowest BCUT2D eigenvalue weighted by molar-refractivity contribution is -0.384. The van der Waals surface area contributed by atoms with Crippen LogP contribution in [0.2, 0.25) is 0 Å². The highest BCUT2D eigenvalue weighted by Gasteiger charge is 2.22. The average Bonchev–Trinajstić information content (AvgIpc) is 2.46. The van der Waals surface area contributed by atoms with Crippen LogP contribution in [0, 0.1) is 10.1 Å². The second-order valence-electron chi connectivity index (χ2n) is 4.20. The number of hydrogen-bond acceptors (Lipinski definition) is 7. The zero-order chi connectivity index (χ0) is 16.9. The molecule has 118 valence electrons. The molecule has 0 unspecified atom stereocenters. The van der Waals surface area contributed by atoms with Gasteiger partial charge in [-0.05, 0) is 19.9 Å². The van der Waals surface area contributed by atoms with E-state index in [9.17, 15) is 24.5 Å². The van der Waals surface area contributed by atoms with Gasteiger partial charge >= 0.3 is 11.9 Å². The maximum Gasteiger partial charge on any atom is 0.339 e. The summed E-state index contributed by atoms with van der Waals surface area (Å²) >= 11 is 0. The maximum absolute atomic E-state index is 11.9. The first-order valence-electron chi connectivity index (χ1n) is 6.23. The number of benzene rings is 1. The molecule has 1 rings (SSSR count). The second kappa shape index (κ2) is 7.16. The number of nitro groups is 1. The van der Waals surface area contributed by atoms with E-state index >= 15 is 0 Å². The Balaban J connectivity index is 3.18. The molecule has 0 saturated carbocycles. The van der Waals surface area contributed by atoms with Crippen molar-refractivity contribution in [3.05, 3.63) is 39.4 Å². The fourth-order valence-electron chi connectivity index (χ4n) is 1.45. The largest absolute Gasteiger partial charge is 0.462 e. The molecule has 0 aliphatic heterocycles. The Morgan fingerprint density at radius 3 is 2.23 bits per heavy atom. The zero-order valence-corrected chi connectivity index (χ0v) is 11.9. The molecule has 0 spiro atoms. The number of primary amides is 1. The van der Waals surface area contributed by atoms with E-state index in [1.54, 1.807) is 6.92 Å². The lowest BCUT2D eigenvalue weighted by atomic mass is 10.1. The minimum absolute atomic E-state index is 0.0695. The van der Waals surface area contributed by atoms with E-state index in [4.69, 9.17) is 15.2 Å². The third-order valence-corrected chi connectivity index (χ3v) is 2.56. The summed E-state index contributed by atoms with van der Waals surface area (Å²) in [6.45, 7) is 2.89. The number of nitro benzene ring substituents is 1. The zero-order valence-electron chi connectivity index (χ0n) is 11.9. The lowest BCUT2D eigenvalue weighted by Gasteiger charge is -2.10. The molecule has 0 fully saturated rings. The van der Waals surface area contributed by atoms with E-state index in [1.165, 1.54) is 6.92 Å². The van der Waals surface area contributed by atoms with Crippen molar-refractivity contribution in [2.45, 2.75) is 20.0 Å². The molecule has 0 aliphatic carbocycles. The molecule has 22 heavy (non-hydrogen) atoms. The van der Waals surface area contributed by atoms with Crippen molar-refractivity contribution in [2.75, 3.05) is 6.61 Å². The van der Waals surface area contributed by atoms with Crippen LogP contribution in [0.4, 0.5) is 5.69 Å². The van der Waals surface area contributed by atoms with E-state index < -0.39 is 34.6 Å². The molecular weight excluding hydrogens is 296 g/mol. The van der Waals surface area contributed by atoms with E-state index in [0.717, 1.165) is 18.2 Å². The predicted octanol–water partition coefficient (Wildman–Crippen LogP) is 0.802. The van der Waals surface area contributed by atoms with Gasteiger partial charge in [0.2, 0.25) is 0 Å². The number of hydrogen-bond donors (Lipinski definition) is 1. The summed E-state index contributed by atoms with van der Waals surface area (Å²) in [5, 5.41) is 10.9. The Bertz CT molecular complexity index is 627. The highest BCUT2D eigenvalue weighted by Crippen LogP contribution is 2.19. The van der Waals surface area contributed by atoms with Crippen molar-refractivity contribution in [3.8, 4) is 0 Å². The monoisotopic (exact) mass is 310 g/mol. The van der Waals surface area contributed by atoms with Crippen molar-refractivity contribution in [3.63, 3.8) is 0 Å². The van der Waals surface area contributed by atoms with Crippen molar-refractivity contribution >= 4 is 23.5 Å². The third-order valence-electron chi connectivity index (χ3n) is 2.56. The van der Waals surface area contributed by atoms with E-state index in [1.807, 2.05) is 0 Å². The van der Waals surface area contributed by atoms with Gasteiger partial charge in [-0.1, -0.05) is 0 Å². The molecule has 1 amide bonds. The Kier molecular flexibility index (Phi) is 5.56. The standard InChI is InChI=1S/C13H14N2O7/c1-3-21-12(17)8-4-9(6-10(5-8)15(19)20)13(18)22-7(2)11(14)16/h4-7H,3H2,1-2H3,(H2,14,16)/t7-/m0/s1. The fourth-order valence-corrected chi connectivity index (χ4v) is 1.45. The Morgan fingerprint density at radius 2 is 1.77 bits per heavy atom. The third kappa shape index (κ3) is 4.27. The minimum Gasteiger partial charge on any atom is -0.462 e. The molecular formula is C13H14N2O7. The van der Waals surface area contributed by atoms with Crippen molar-refractivity contribution in [1.29, 1.82) is 0 Å². The number of nitrogens with zero attached hydrogens (tertiary/aromatic N) is 1. The average molecular weight is 310 g/mol. The van der Waals surface area contributed by atoms with Gasteiger partial charge in [0.05, 0.1) is 22.7 Å². The summed E-state index contributed by atoms with van der Waals surface area (Å²) in [6, 6.07) is 2.99. The van der Waals surface area contributed by atoms with Gasteiger partial charge < -0.3 is 15.2 Å². The first-order chi connectivity index (χ1) is 10.3. The lowest BCUT2D eigenvalue weighted by Crippen LogP contribution is -2.30. The van der Waals surface area contributed by atoms with Gasteiger partial charge in [-0.2, -0.15) is 0 Å². The van der Waals surface area contributed by atoms with Crippen LogP contribution in [0.15, 0.2) is 18.2 Å². The van der Waals surface area contributed by atoms with Crippen LogP contribution in [0.25, 0.3) is 0 Å². The Labute approximate surface area is 125 Å². The van der Waals surface area contributed by atoms with E-state index in [0.29, 0.717) is 0 Å². The van der Waals surface area contributed by atoms with Crippen LogP contribution in [0.3, 0.4) is 0 Å². The normalized spacial score (nSPS) is 11.4. The van der Waals surface area contributed by atoms with Crippen molar-refractivity contribution in [1.82, 2.24) is 0 Å². The number of carbonyl (C=O) groups is 3. The molecule has 2 N–H and O–H groups in total. The molecule has 1 aromatic rings. The van der Waals surface area contributed by atoms with Gasteiger partial charge in [0.25, 0.3) is 11.6 Å². The van der Waals surface area contributed by atoms with Gasteiger partial charge in [-0.3, -0.25) is 14.9 Å². The van der Waals surface area contributed by atoms with Crippen LogP contribution in [-0.4, -0.2) is 35.5 Å². The molecule has 0 saturated heterocycles. The summed E-state index contributed by atoms with van der Waals surface area (Å²) in [4.78, 5) is 44.5. The molecule has 0 bridgehead atoms. The quantitative estimate of drug-likeness (QED) is 0.465. The Hall–Kier alpha value is -2.97. The summed E-state index contributed by atoms with van der Waals surface area (Å²) in [5.41, 5.74) is 4.05. The van der Waals surface area contributed by atoms with Gasteiger partial charge in [-0.25, -0.2) is 9.59 Å². The molecule has 0 aromatic heterocycles. The van der Waals surface area contributed by atoms with Gasteiger partial charge in [0, 0.05) is 12.1 Å². The van der Waals surface area contributed by atoms with Crippen LogP contribution in [0.1, 0.15) is 34.6 Å². The number of esters is 2. The smallest absolute Gasteiger partial charge is 0.339 e. The maximum atomic E-state index is 11.9. The first-order valence-corrected chi connectivity index (χ1v) is 6.23. The molecule has 1 aromatic carbocycles. The number of non-ortho nitro benzene ring substituents is 1. The minimum atomic E-state index is -1.21. The Morgan fingerprint density at radius 1 is 1.23 bits per heavy atom. The van der Waals surface area contributed by atoms with Crippen LogP contribution in [-0.2, 0) is 14.3 Å². The molecule has 9 nitrogen and oxygen atoms in total. The first kappa shape index (κ1) is 17.1. The molecule has 1 atom stereocenters. The molecule has 0 radical (unpaired) electrons. The summed E-state index contributed by atoms with van der Waals surface area (Å²) in [5.74, 6) is -2.70. The van der Waals surface area contributed by atoms with Crippen LogP contribution in [0.5, 0.6) is 0 Å². The topological polar surface area (TPSA) is 139 Å². The highest BCUT2D eigenvalue weighted by molar-refractivity contribution is 5.97. The summed E-state index contributed by atoms with van der Waals surface area (Å²) in [7, 11) is 0. The van der Waals surface area contributed by atoms with Crippen molar-refractivity contribution in [2.24, 2.45) is 5.73 Å². The summed E-state index contributed by atoms with van der Waals surface area (Å²) < 4.78 is 9.47. The van der Waals surface area contributed by atoms with E-state index in [2.05, 4.69) is 0 Å². The van der Waals surface area contributed by atoms with Gasteiger partial charge in [0.1, 0.15) is 0 Å². The number of carbonyl (C=O) groups excluding carboxylic acids is 3. The number of rotatable bonds is 6. The fraction of sp³-hybridized carbons (Fsp3) is 0.308. The second-order valence-corrected chi connectivity index (χ2v) is 4.20. The summed E-state index contributed by atoms with van der Waals surface area (Å²) in [6.07, 6.45) is -1.21. The molecule has 0 heterocycles. The SMILES string of the molecule is CCOC(=O)c1cc(C(=O)O[C@@H](C)C(N)=O)cc([N+](=O)[O-])c1. The van der Waals surface area contributed by atoms with E-state index in [-0.39, 0.29) is 17.7 Å². The highest BCUT2D eigenvalue weighted by atomic mass is 16.6. The molecule has 9 heteroatoms. The van der Waals surface area contributed by atoms with Gasteiger partial charge in [-0.15, -0.1) is 0 Å². The van der Waals surface area contributed by atoms with Crippen LogP contribution < -0.4 is 5.73 Å². The number of amides is 1. The van der Waals surface area contributed by atoms with Gasteiger partial charge in [0.15, 0.2) is 6.10 Å². The van der Waals surface area contributed by atoms with Crippen LogP contribution >= 0.6 is 0 Å². The number of ether oxygens (including phenoxy) is 2. The number of nitrogens with two attached hydrogens (primary N) is 1.